The second kappa shape index (κ2) is 9.66. The zero-order valence-corrected chi connectivity index (χ0v) is 16.3. The number of ether oxygens (including phenoxy) is 1. The average Bonchev–Trinajstić information content (AvgIpc) is 2.68. The molecule has 146 valence electrons. The molecule has 0 spiro atoms. The molecule has 0 atom stereocenters. The minimum Gasteiger partial charge on any atom is -0.379 e. The molecule has 2 saturated heterocycles. The van der Waals surface area contributed by atoms with Crippen molar-refractivity contribution in [3.63, 3.8) is 0 Å². The molecule has 0 aliphatic carbocycles. The number of hydrogen-bond acceptors (Lipinski definition) is 5. The van der Waals surface area contributed by atoms with Crippen molar-refractivity contribution < 1.29 is 17.9 Å². The van der Waals surface area contributed by atoms with Gasteiger partial charge in [0.25, 0.3) is 0 Å². The van der Waals surface area contributed by atoms with Gasteiger partial charge in [0.15, 0.2) is 0 Å². The van der Waals surface area contributed by atoms with Crippen LogP contribution in [0.25, 0.3) is 0 Å². The Morgan fingerprint density at radius 3 is 2.38 bits per heavy atom. The zero-order valence-electron chi connectivity index (χ0n) is 14.6. The third kappa shape index (κ3) is 5.17. The molecule has 0 bridgehead atoms. The van der Waals surface area contributed by atoms with E-state index in [-0.39, 0.29) is 29.1 Å². The van der Waals surface area contributed by atoms with Crippen LogP contribution in [0.4, 0.5) is 0 Å². The number of halogens is 1. The Balaban J connectivity index is 0.00000243. The average molecular weight is 404 g/mol. The molecule has 1 aromatic carbocycles. The van der Waals surface area contributed by atoms with E-state index in [4.69, 9.17) is 4.74 Å². The van der Waals surface area contributed by atoms with Crippen LogP contribution in [0.15, 0.2) is 29.2 Å². The topological polar surface area (TPSA) is 87.7 Å². The van der Waals surface area contributed by atoms with Crippen LogP contribution in [0.2, 0.25) is 0 Å². The predicted octanol–water partition coefficient (Wildman–Crippen LogP) is 0.745. The van der Waals surface area contributed by atoms with Gasteiger partial charge in [-0.1, -0.05) is 12.1 Å². The highest BCUT2D eigenvalue weighted by atomic mass is 35.5. The first-order valence-corrected chi connectivity index (χ1v) is 10.2. The van der Waals surface area contributed by atoms with Gasteiger partial charge in [-0.2, -0.15) is 4.31 Å². The Labute approximate surface area is 160 Å². The Hall–Kier alpha value is -1.19. The molecule has 2 N–H and O–H groups in total. The summed E-state index contributed by atoms with van der Waals surface area (Å²) in [6.45, 7) is 3.81. The van der Waals surface area contributed by atoms with Gasteiger partial charge in [-0.3, -0.25) is 4.79 Å². The number of hydrogen-bond donors (Lipinski definition) is 2. The second-order valence-electron chi connectivity index (χ2n) is 6.40. The third-order valence-corrected chi connectivity index (χ3v) is 6.62. The number of carbonyl (C=O) groups is 1. The molecular formula is C17H26ClN3O4S. The molecule has 2 fully saturated rings. The molecule has 0 saturated carbocycles. The van der Waals surface area contributed by atoms with E-state index >= 15 is 0 Å². The van der Waals surface area contributed by atoms with Gasteiger partial charge in [0.1, 0.15) is 0 Å². The SMILES string of the molecule is Cl.O=C(NCc1ccc(S(=O)(=O)N2CCOCC2)cc1)C1CCNCC1. The van der Waals surface area contributed by atoms with E-state index in [9.17, 15) is 13.2 Å². The fraction of sp³-hybridized carbons (Fsp3) is 0.588. The van der Waals surface area contributed by atoms with Gasteiger partial charge in [-0.15, -0.1) is 12.4 Å². The Kier molecular flexibility index (Phi) is 7.85. The lowest BCUT2D eigenvalue weighted by atomic mass is 9.97. The fourth-order valence-corrected chi connectivity index (χ4v) is 4.54. The lowest BCUT2D eigenvalue weighted by Gasteiger charge is -2.26. The largest absolute Gasteiger partial charge is 0.379 e. The van der Waals surface area contributed by atoms with Crippen LogP contribution in [0.5, 0.6) is 0 Å². The quantitative estimate of drug-likeness (QED) is 0.757. The maximum Gasteiger partial charge on any atom is 0.243 e. The van der Waals surface area contributed by atoms with Crippen molar-refractivity contribution in [2.45, 2.75) is 24.3 Å². The van der Waals surface area contributed by atoms with Crippen molar-refractivity contribution >= 4 is 28.3 Å². The van der Waals surface area contributed by atoms with Crippen LogP contribution >= 0.6 is 12.4 Å². The highest BCUT2D eigenvalue weighted by molar-refractivity contribution is 7.89. The van der Waals surface area contributed by atoms with Gasteiger partial charge in [0.05, 0.1) is 18.1 Å². The van der Waals surface area contributed by atoms with Crippen LogP contribution in [-0.2, 0) is 26.1 Å². The second-order valence-corrected chi connectivity index (χ2v) is 8.34. The van der Waals surface area contributed by atoms with E-state index in [2.05, 4.69) is 10.6 Å². The maximum atomic E-state index is 12.6. The summed E-state index contributed by atoms with van der Waals surface area (Å²) in [5.74, 6) is 0.147. The van der Waals surface area contributed by atoms with Gasteiger partial charge < -0.3 is 15.4 Å². The van der Waals surface area contributed by atoms with Crippen LogP contribution in [-0.4, -0.2) is 58.0 Å². The normalized spacial score (nSPS) is 19.5. The molecule has 26 heavy (non-hydrogen) atoms. The summed E-state index contributed by atoms with van der Waals surface area (Å²) in [4.78, 5) is 12.4. The number of amides is 1. The minimum absolute atomic E-state index is 0. The molecule has 1 aromatic rings. The van der Waals surface area contributed by atoms with E-state index in [0.29, 0.717) is 32.8 Å². The standard InChI is InChI=1S/C17H25N3O4S.ClH/c21-17(15-5-7-18-8-6-15)19-13-14-1-3-16(4-2-14)25(22,23)20-9-11-24-12-10-20;/h1-4,15,18H,5-13H2,(H,19,21);1H. The predicted molar refractivity (Wildman–Crippen MR) is 101 cm³/mol. The summed E-state index contributed by atoms with van der Waals surface area (Å²) in [5.41, 5.74) is 0.892. The number of carbonyl (C=O) groups excluding carboxylic acids is 1. The van der Waals surface area contributed by atoms with E-state index in [0.717, 1.165) is 31.5 Å². The lowest BCUT2D eigenvalue weighted by molar-refractivity contribution is -0.125. The van der Waals surface area contributed by atoms with Gasteiger partial charge in [-0.05, 0) is 43.6 Å². The Morgan fingerprint density at radius 2 is 1.77 bits per heavy atom. The van der Waals surface area contributed by atoms with Gasteiger partial charge in [0.2, 0.25) is 15.9 Å². The van der Waals surface area contributed by atoms with Crippen LogP contribution in [0, 0.1) is 5.92 Å². The molecule has 3 rings (SSSR count). The van der Waals surface area contributed by atoms with Crippen LogP contribution in [0.1, 0.15) is 18.4 Å². The van der Waals surface area contributed by atoms with Gasteiger partial charge in [-0.25, -0.2) is 8.42 Å². The van der Waals surface area contributed by atoms with E-state index in [1.807, 2.05) is 0 Å². The number of nitrogens with one attached hydrogen (secondary N) is 2. The molecule has 2 heterocycles. The maximum absolute atomic E-state index is 12.6. The molecule has 7 nitrogen and oxygen atoms in total. The summed E-state index contributed by atoms with van der Waals surface area (Å²) in [5, 5.41) is 6.19. The molecular weight excluding hydrogens is 378 g/mol. The summed E-state index contributed by atoms with van der Waals surface area (Å²) in [7, 11) is -3.47. The van der Waals surface area contributed by atoms with Gasteiger partial charge >= 0.3 is 0 Å². The number of rotatable bonds is 5. The van der Waals surface area contributed by atoms with Crippen molar-refractivity contribution in [1.82, 2.24) is 14.9 Å². The first-order chi connectivity index (χ1) is 12.1. The van der Waals surface area contributed by atoms with Gasteiger partial charge in [0, 0.05) is 25.6 Å². The summed E-state index contributed by atoms with van der Waals surface area (Å²) >= 11 is 0. The van der Waals surface area contributed by atoms with E-state index in [1.165, 1.54) is 4.31 Å². The monoisotopic (exact) mass is 403 g/mol. The summed E-state index contributed by atoms with van der Waals surface area (Å²) in [6.07, 6.45) is 1.73. The summed E-state index contributed by atoms with van der Waals surface area (Å²) < 4.78 is 31.8. The lowest BCUT2D eigenvalue weighted by Crippen LogP contribution is -2.40. The number of sulfonamides is 1. The van der Waals surface area contributed by atoms with Crippen molar-refractivity contribution in [3.05, 3.63) is 29.8 Å². The zero-order chi connectivity index (χ0) is 17.7. The summed E-state index contributed by atoms with van der Waals surface area (Å²) in [6, 6.07) is 6.74. The molecule has 1 amide bonds. The molecule has 9 heteroatoms. The Bertz CT molecular complexity index is 684. The minimum atomic E-state index is -3.47. The van der Waals surface area contributed by atoms with Crippen molar-refractivity contribution in [3.8, 4) is 0 Å². The number of benzene rings is 1. The first kappa shape index (κ1) is 21.1. The van der Waals surface area contributed by atoms with E-state index in [1.54, 1.807) is 24.3 Å². The highest BCUT2D eigenvalue weighted by Gasteiger charge is 2.26. The Morgan fingerprint density at radius 1 is 1.15 bits per heavy atom. The number of nitrogens with zero attached hydrogens (tertiary/aromatic N) is 1. The smallest absolute Gasteiger partial charge is 0.243 e. The number of piperidine rings is 1. The third-order valence-electron chi connectivity index (χ3n) is 4.71. The molecule has 0 unspecified atom stereocenters. The molecule has 0 aromatic heterocycles. The fourth-order valence-electron chi connectivity index (χ4n) is 3.13. The van der Waals surface area contributed by atoms with Crippen LogP contribution < -0.4 is 10.6 Å². The number of morpholine rings is 1. The molecule has 2 aliphatic rings. The molecule has 0 radical (unpaired) electrons. The van der Waals surface area contributed by atoms with Crippen molar-refractivity contribution in [2.24, 2.45) is 5.92 Å². The van der Waals surface area contributed by atoms with Crippen molar-refractivity contribution in [1.29, 1.82) is 0 Å². The highest BCUT2D eigenvalue weighted by Crippen LogP contribution is 2.18. The van der Waals surface area contributed by atoms with E-state index < -0.39 is 10.0 Å². The first-order valence-electron chi connectivity index (χ1n) is 8.72. The van der Waals surface area contributed by atoms with Crippen molar-refractivity contribution in [2.75, 3.05) is 39.4 Å². The van der Waals surface area contributed by atoms with Crippen LogP contribution in [0.3, 0.4) is 0 Å². The molecule has 2 aliphatic heterocycles.